The molecule has 3 heteroatoms. The van der Waals surface area contributed by atoms with Crippen molar-refractivity contribution in [3.8, 4) is 0 Å². The molecule has 1 aromatic carbocycles. The van der Waals surface area contributed by atoms with Crippen molar-refractivity contribution < 1.29 is 9.90 Å². The summed E-state index contributed by atoms with van der Waals surface area (Å²) in [4.78, 5) is 15.5. The van der Waals surface area contributed by atoms with Gasteiger partial charge in [0, 0.05) is 23.4 Å². The molecule has 3 nitrogen and oxygen atoms in total. The number of carboxylic acids is 1. The second-order valence-corrected chi connectivity index (χ2v) is 3.82. The Bertz CT molecular complexity index is 665. The predicted molar refractivity (Wildman–Crippen MR) is 61.3 cm³/mol. The second kappa shape index (κ2) is 3.17. The molecule has 16 heavy (non-hydrogen) atoms. The summed E-state index contributed by atoms with van der Waals surface area (Å²) in [5, 5.41) is 10.9. The van der Waals surface area contributed by atoms with Crippen LogP contribution in [0.25, 0.3) is 11.3 Å². The summed E-state index contributed by atoms with van der Waals surface area (Å²) < 4.78 is 0. The van der Waals surface area contributed by atoms with Crippen LogP contribution in [0, 0.1) is 0 Å². The van der Waals surface area contributed by atoms with Crippen LogP contribution in [0.15, 0.2) is 40.9 Å². The maximum absolute atomic E-state index is 11.2. The fourth-order valence-electron chi connectivity index (χ4n) is 2.18. The van der Waals surface area contributed by atoms with Gasteiger partial charge in [0.2, 0.25) is 0 Å². The molecule has 2 aliphatic rings. The molecule has 0 fully saturated rings. The van der Waals surface area contributed by atoms with Crippen LogP contribution in [-0.2, 0) is 4.79 Å². The summed E-state index contributed by atoms with van der Waals surface area (Å²) in [6.07, 6.45) is 4.07. The third-order valence-electron chi connectivity index (χ3n) is 2.92. The van der Waals surface area contributed by atoms with E-state index in [1.165, 1.54) is 0 Å². The van der Waals surface area contributed by atoms with Gasteiger partial charge in [-0.1, -0.05) is 24.3 Å². The lowest BCUT2D eigenvalue weighted by molar-refractivity contribution is -0.130. The number of hydrogen-bond acceptors (Lipinski definition) is 2. The predicted octanol–water partition coefficient (Wildman–Crippen LogP) is 0.445. The summed E-state index contributed by atoms with van der Waals surface area (Å²) >= 11 is 0. The van der Waals surface area contributed by atoms with Gasteiger partial charge in [0.05, 0.1) is 5.70 Å². The average Bonchev–Trinajstić information content (AvgIpc) is 2.75. The van der Waals surface area contributed by atoms with Gasteiger partial charge in [-0.2, -0.15) is 0 Å². The van der Waals surface area contributed by atoms with E-state index in [1.807, 2.05) is 30.3 Å². The Hall–Kier alpha value is -2.16. The van der Waals surface area contributed by atoms with E-state index in [4.69, 9.17) is 0 Å². The number of rotatable bonds is 1. The third-order valence-corrected chi connectivity index (χ3v) is 2.92. The standard InChI is InChI=1S/C13H9NO2/c15-13(16)11-7-8-5-6-14-12(8)10-4-2-1-3-9(10)11/h1-6H,7H2,(H,15,16). The zero-order valence-electron chi connectivity index (χ0n) is 8.47. The van der Waals surface area contributed by atoms with Gasteiger partial charge in [0.15, 0.2) is 0 Å². The van der Waals surface area contributed by atoms with Crippen LogP contribution in [0.1, 0.15) is 6.42 Å². The second-order valence-electron chi connectivity index (χ2n) is 3.82. The lowest BCUT2D eigenvalue weighted by atomic mass is 9.94. The van der Waals surface area contributed by atoms with Crippen molar-refractivity contribution in [2.75, 3.05) is 0 Å². The number of hydrogen-bond donors (Lipinski definition) is 1. The molecule has 0 unspecified atom stereocenters. The van der Waals surface area contributed by atoms with Gasteiger partial charge >= 0.3 is 5.97 Å². The molecule has 1 aliphatic heterocycles. The molecule has 0 spiro atoms. The molecular formula is C13H9NO2. The van der Waals surface area contributed by atoms with Gasteiger partial charge in [-0.3, -0.25) is 4.99 Å². The molecule has 1 heterocycles. The molecule has 0 bridgehead atoms. The zero-order valence-corrected chi connectivity index (χ0v) is 8.47. The van der Waals surface area contributed by atoms with E-state index in [9.17, 15) is 9.90 Å². The quantitative estimate of drug-likeness (QED) is 0.733. The first-order chi connectivity index (χ1) is 7.77. The highest BCUT2D eigenvalue weighted by Gasteiger charge is 2.21. The first kappa shape index (κ1) is 9.09. The fraction of sp³-hybridized carbons (Fsp3) is 0.0769. The van der Waals surface area contributed by atoms with Gasteiger partial charge in [-0.25, -0.2) is 4.79 Å². The Morgan fingerprint density at radius 2 is 2.00 bits per heavy atom. The van der Waals surface area contributed by atoms with Gasteiger partial charge in [0.1, 0.15) is 0 Å². The minimum atomic E-state index is -0.848. The van der Waals surface area contributed by atoms with Crippen molar-refractivity contribution >= 4 is 23.5 Å². The Kier molecular flexibility index (Phi) is 1.80. The summed E-state index contributed by atoms with van der Waals surface area (Å²) in [6.45, 7) is 0. The van der Waals surface area contributed by atoms with Crippen LogP contribution >= 0.6 is 0 Å². The highest BCUT2D eigenvalue weighted by Crippen LogP contribution is 2.25. The minimum absolute atomic E-state index is 0.455. The Balaban J connectivity index is 2.52. The van der Waals surface area contributed by atoms with Crippen molar-refractivity contribution in [1.82, 2.24) is 0 Å². The highest BCUT2D eigenvalue weighted by atomic mass is 16.4. The lowest BCUT2D eigenvalue weighted by Gasteiger charge is -2.12. The van der Waals surface area contributed by atoms with Gasteiger partial charge in [-0.15, -0.1) is 0 Å². The molecule has 0 saturated carbocycles. The lowest BCUT2D eigenvalue weighted by Crippen LogP contribution is -2.34. The van der Waals surface area contributed by atoms with E-state index in [-0.39, 0.29) is 0 Å². The molecule has 78 valence electrons. The Morgan fingerprint density at radius 1 is 1.25 bits per heavy atom. The van der Waals surface area contributed by atoms with Gasteiger partial charge in [-0.05, 0) is 16.9 Å². The van der Waals surface area contributed by atoms with Crippen LogP contribution in [0.3, 0.4) is 0 Å². The number of carboxylic acid groups (broad SMARTS) is 1. The summed E-state index contributed by atoms with van der Waals surface area (Å²) in [6, 6.07) is 7.53. The van der Waals surface area contributed by atoms with Crippen LogP contribution in [0.5, 0.6) is 0 Å². The van der Waals surface area contributed by atoms with Crippen LogP contribution in [0.2, 0.25) is 0 Å². The van der Waals surface area contributed by atoms with Crippen LogP contribution in [-0.4, -0.2) is 17.3 Å². The van der Waals surface area contributed by atoms with Gasteiger partial charge < -0.3 is 5.11 Å². The van der Waals surface area contributed by atoms with E-state index in [2.05, 4.69) is 4.99 Å². The molecule has 3 rings (SSSR count). The van der Waals surface area contributed by atoms with E-state index >= 15 is 0 Å². The molecule has 0 amide bonds. The number of allylic oxidation sites excluding steroid dienone is 1. The smallest absolute Gasteiger partial charge is 0.332 e. The maximum Gasteiger partial charge on any atom is 0.332 e. The number of benzene rings is 1. The van der Waals surface area contributed by atoms with E-state index in [1.54, 1.807) is 6.21 Å². The first-order valence-corrected chi connectivity index (χ1v) is 5.07. The van der Waals surface area contributed by atoms with E-state index in [0.29, 0.717) is 12.0 Å². The minimum Gasteiger partial charge on any atom is -0.478 e. The first-order valence-electron chi connectivity index (χ1n) is 5.07. The number of aliphatic imine (C=N–C) groups is 1. The third kappa shape index (κ3) is 1.15. The summed E-state index contributed by atoms with van der Waals surface area (Å²) in [5.41, 5.74) is 2.37. The molecule has 1 N–H and O–H groups in total. The maximum atomic E-state index is 11.2. The highest BCUT2D eigenvalue weighted by molar-refractivity contribution is 6.11. The van der Waals surface area contributed by atoms with Crippen LogP contribution < -0.4 is 10.4 Å². The number of fused-ring (bicyclic) bond motifs is 2. The summed E-state index contributed by atoms with van der Waals surface area (Å²) in [5.74, 6) is -0.848. The Morgan fingerprint density at radius 3 is 2.75 bits per heavy atom. The zero-order chi connectivity index (χ0) is 11.1. The van der Waals surface area contributed by atoms with Crippen molar-refractivity contribution in [3.05, 3.63) is 46.4 Å². The normalized spacial score (nSPS) is 16.9. The number of carbonyl (C=O) groups is 1. The van der Waals surface area contributed by atoms with E-state index < -0.39 is 5.97 Å². The average molecular weight is 211 g/mol. The van der Waals surface area contributed by atoms with Crippen LogP contribution in [0.4, 0.5) is 0 Å². The fourth-order valence-corrected chi connectivity index (χ4v) is 2.18. The molecule has 1 aliphatic carbocycles. The van der Waals surface area contributed by atoms with Gasteiger partial charge in [0.25, 0.3) is 0 Å². The van der Waals surface area contributed by atoms with Crippen molar-refractivity contribution in [2.45, 2.75) is 6.42 Å². The molecule has 1 aromatic rings. The SMILES string of the molecule is O=C(O)C1=c2ccccc2=C2N=CC=C2C1. The Labute approximate surface area is 91.8 Å². The van der Waals surface area contributed by atoms with Crippen molar-refractivity contribution in [1.29, 1.82) is 0 Å². The molecule has 0 aromatic heterocycles. The molecular weight excluding hydrogens is 202 g/mol. The molecule has 0 radical (unpaired) electrons. The van der Waals surface area contributed by atoms with Crippen molar-refractivity contribution in [2.24, 2.45) is 4.99 Å². The van der Waals surface area contributed by atoms with E-state index in [0.717, 1.165) is 21.7 Å². The van der Waals surface area contributed by atoms with Crippen molar-refractivity contribution in [3.63, 3.8) is 0 Å². The molecule has 0 saturated heterocycles. The topological polar surface area (TPSA) is 49.7 Å². The number of aliphatic carboxylic acids is 1. The molecule has 0 atom stereocenters. The number of nitrogens with zero attached hydrogens (tertiary/aromatic N) is 1. The summed E-state index contributed by atoms with van der Waals surface area (Å²) in [7, 11) is 0. The monoisotopic (exact) mass is 211 g/mol. The largest absolute Gasteiger partial charge is 0.478 e.